The highest BCUT2D eigenvalue weighted by molar-refractivity contribution is 9.10. The predicted octanol–water partition coefficient (Wildman–Crippen LogP) is 2.72. The number of piperidine rings is 1. The van der Waals surface area contributed by atoms with Crippen molar-refractivity contribution in [2.45, 2.75) is 25.9 Å². The molecule has 2 N–H and O–H groups in total. The molecule has 2 aromatic rings. The van der Waals surface area contributed by atoms with Gasteiger partial charge in [0.25, 0.3) is 0 Å². The van der Waals surface area contributed by atoms with Crippen LogP contribution in [-0.4, -0.2) is 53.3 Å². The number of fused-ring (bicyclic) bond motifs is 1. The van der Waals surface area contributed by atoms with Crippen molar-refractivity contribution in [3.63, 3.8) is 0 Å². The SMILES string of the molecule is CCOC(=O)[C@@H]1CN(CCc2c[nH]c3ccc(Br)cc23)CC[C@H]1O. The summed E-state index contributed by atoms with van der Waals surface area (Å²) >= 11 is 3.52. The molecule has 5 nitrogen and oxygen atoms in total. The lowest BCUT2D eigenvalue weighted by Gasteiger charge is -2.34. The maximum atomic E-state index is 12.0. The fourth-order valence-electron chi connectivity index (χ4n) is 3.33. The van der Waals surface area contributed by atoms with Crippen LogP contribution in [0.4, 0.5) is 0 Å². The van der Waals surface area contributed by atoms with E-state index in [9.17, 15) is 9.90 Å². The second kappa shape index (κ2) is 7.68. The lowest BCUT2D eigenvalue weighted by atomic mass is 9.94. The van der Waals surface area contributed by atoms with E-state index in [0.29, 0.717) is 19.6 Å². The number of carbonyl (C=O) groups is 1. The normalized spacial score (nSPS) is 22.0. The molecule has 6 heteroatoms. The number of hydrogen-bond acceptors (Lipinski definition) is 4. The van der Waals surface area contributed by atoms with Gasteiger partial charge in [0.05, 0.1) is 18.6 Å². The van der Waals surface area contributed by atoms with E-state index < -0.39 is 12.0 Å². The van der Waals surface area contributed by atoms with Crippen molar-refractivity contribution in [1.29, 1.82) is 0 Å². The molecule has 1 aliphatic heterocycles. The molecule has 1 aromatic heterocycles. The summed E-state index contributed by atoms with van der Waals surface area (Å²) in [4.78, 5) is 17.5. The van der Waals surface area contributed by atoms with Crippen LogP contribution in [0.25, 0.3) is 10.9 Å². The second-order valence-corrected chi connectivity index (χ2v) is 7.18. The molecular weight excluding hydrogens is 372 g/mol. The quantitative estimate of drug-likeness (QED) is 0.765. The van der Waals surface area contributed by atoms with Gasteiger partial charge >= 0.3 is 5.97 Å². The fourth-order valence-corrected chi connectivity index (χ4v) is 3.69. The largest absolute Gasteiger partial charge is 0.466 e. The number of likely N-dealkylation sites (tertiary alicyclic amines) is 1. The average molecular weight is 395 g/mol. The molecule has 0 bridgehead atoms. The number of ether oxygens (including phenoxy) is 1. The average Bonchev–Trinajstić information content (AvgIpc) is 2.96. The Balaban J connectivity index is 1.63. The van der Waals surface area contributed by atoms with Crippen LogP contribution in [0, 0.1) is 5.92 Å². The van der Waals surface area contributed by atoms with Gasteiger partial charge in [-0.25, -0.2) is 0 Å². The number of halogens is 1. The molecule has 0 amide bonds. The van der Waals surface area contributed by atoms with Crippen LogP contribution >= 0.6 is 15.9 Å². The number of hydrogen-bond donors (Lipinski definition) is 2. The minimum Gasteiger partial charge on any atom is -0.466 e. The number of rotatable bonds is 5. The summed E-state index contributed by atoms with van der Waals surface area (Å²) in [7, 11) is 0. The first-order chi connectivity index (χ1) is 11.6. The molecule has 0 saturated carbocycles. The Labute approximate surface area is 150 Å². The maximum Gasteiger partial charge on any atom is 0.312 e. The highest BCUT2D eigenvalue weighted by atomic mass is 79.9. The van der Waals surface area contributed by atoms with E-state index in [2.05, 4.69) is 44.1 Å². The summed E-state index contributed by atoms with van der Waals surface area (Å²) in [5.41, 5.74) is 2.40. The Morgan fingerprint density at radius 3 is 3.12 bits per heavy atom. The topological polar surface area (TPSA) is 65.6 Å². The highest BCUT2D eigenvalue weighted by Crippen LogP contribution is 2.24. The number of aliphatic hydroxyl groups is 1. The number of aromatic nitrogens is 1. The van der Waals surface area contributed by atoms with Gasteiger partial charge in [0.15, 0.2) is 0 Å². The van der Waals surface area contributed by atoms with Gasteiger partial charge in [0.2, 0.25) is 0 Å². The molecule has 1 fully saturated rings. The van der Waals surface area contributed by atoms with Gasteiger partial charge in [0, 0.05) is 41.2 Å². The van der Waals surface area contributed by atoms with Crippen LogP contribution in [0.1, 0.15) is 18.9 Å². The number of carbonyl (C=O) groups excluding carboxylic acids is 1. The molecule has 130 valence electrons. The van der Waals surface area contributed by atoms with Gasteiger partial charge in [0.1, 0.15) is 0 Å². The van der Waals surface area contributed by atoms with Gasteiger partial charge in [-0.1, -0.05) is 15.9 Å². The van der Waals surface area contributed by atoms with Crippen molar-refractivity contribution in [2.24, 2.45) is 5.92 Å². The number of benzene rings is 1. The molecule has 1 aliphatic rings. The zero-order valence-electron chi connectivity index (χ0n) is 13.8. The maximum absolute atomic E-state index is 12.0. The highest BCUT2D eigenvalue weighted by Gasteiger charge is 2.34. The van der Waals surface area contributed by atoms with Gasteiger partial charge in [-0.2, -0.15) is 0 Å². The van der Waals surface area contributed by atoms with Crippen molar-refractivity contribution < 1.29 is 14.6 Å². The minimum absolute atomic E-state index is 0.286. The van der Waals surface area contributed by atoms with E-state index in [1.807, 2.05) is 6.07 Å². The molecule has 3 rings (SSSR count). The molecule has 24 heavy (non-hydrogen) atoms. The number of esters is 1. The Bertz CT molecular complexity index is 715. The molecule has 1 aromatic carbocycles. The first-order valence-electron chi connectivity index (χ1n) is 8.41. The summed E-state index contributed by atoms with van der Waals surface area (Å²) in [6, 6.07) is 6.22. The van der Waals surface area contributed by atoms with Crippen LogP contribution in [-0.2, 0) is 16.0 Å². The van der Waals surface area contributed by atoms with Crippen molar-refractivity contribution >= 4 is 32.8 Å². The van der Waals surface area contributed by atoms with Crippen LogP contribution in [0.5, 0.6) is 0 Å². The predicted molar refractivity (Wildman–Crippen MR) is 96.9 cm³/mol. The van der Waals surface area contributed by atoms with Crippen LogP contribution in [0.15, 0.2) is 28.9 Å². The van der Waals surface area contributed by atoms with Crippen molar-refractivity contribution in [1.82, 2.24) is 9.88 Å². The van der Waals surface area contributed by atoms with Crippen LogP contribution in [0.2, 0.25) is 0 Å². The van der Waals surface area contributed by atoms with E-state index in [4.69, 9.17) is 4.74 Å². The minimum atomic E-state index is -0.593. The van der Waals surface area contributed by atoms with Crippen molar-refractivity contribution in [3.05, 3.63) is 34.4 Å². The molecule has 0 radical (unpaired) electrons. The van der Waals surface area contributed by atoms with Gasteiger partial charge in [-0.05, 0) is 43.5 Å². The van der Waals surface area contributed by atoms with Gasteiger partial charge in [-0.15, -0.1) is 0 Å². The monoisotopic (exact) mass is 394 g/mol. The summed E-state index contributed by atoms with van der Waals surface area (Å²) in [5, 5.41) is 11.3. The Morgan fingerprint density at radius 2 is 2.33 bits per heavy atom. The molecule has 1 saturated heterocycles. The Hall–Kier alpha value is -1.37. The number of aromatic amines is 1. The number of H-pyrrole nitrogens is 1. The third-order valence-corrected chi connectivity index (χ3v) is 5.17. The lowest BCUT2D eigenvalue weighted by Crippen LogP contribution is -2.47. The standard InChI is InChI=1S/C18H23BrN2O3/c1-2-24-18(23)15-11-21(8-6-17(15)22)7-5-12-10-20-16-4-3-13(19)9-14(12)16/h3-4,9-10,15,17,20,22H,2,5-8,11H2,1H3/t15-,17-/m1/s1. The molecule has 0 aliphatic carbocycles. The molecule has 0 spiro atoms. The smallest absolute Gasteiger partial charge is 0.312 e. The second-order valence-electron chi connectivity index (χ2n) is 6.27. The Kier molecular flexibility index (Phi) is 5.58. The summed E-state index contributed by atoms with van der Waals surface area (Å²) in [6.45, 7) is 4.38. The third kappa shape index (κ3) is 3.82. The third-order valence-electron chi connectivity index (χ3n) is 4.68. The molecular formula is C18H23BrN2O3. The van der Waals surface area contributed by atoms with E-state index >= 15 is 0 Å². The lowest BCUT2D eigenvalue weighted by molar-refractivity contribution is -0.155. The van der Waals surface area contributed by atoms with Crippen molar-refractivity contribution in [3.8, 4) is 0 Å². The zero-order valence-corrected chi connectivity index (χ0v) is 15.4. The first-order valence-corrected chi connectivity index (χ1v) is 9.20. The molecule has 2 atom stereocenters. The molecule has 0 unspecified atom stereocenters. The van der Waals surface area contributed by atoms with E-state index in [1.54, 1.807) is 6.92 Å². The number of aliphatic hydroxyl groups excluding tert-OH is 1. The van der Waals surface area contributed by atoms with Gasteiger partial charge < -0.3 is 19.7 Å². The van der Waals surface area contributed by atoms with Crippen molar-refractivity contribution in [2.75, 3.05) is 26.2 Å². The number of nitrogens with zero attached hydrogens (tertiary/aromatic N) is 1. The van der Waals surface area contributed by atoms with Gasteiger partial charge in [-0.3, -0.25) is 4.79 Å². The van der Waals surface area contributed by atoms with E-state index in [1.165, 1.54) is 10.9 Å². The summed E-state index contributed by atoms with van der Waals surface area (Å²) in [6.07, 6.45) is 2.98. The van der Waals surface area contributed by atoms with E-state index in [-0.39, 0.29) is 5.97 Å². The summed E-state index contributed by atoms with van der Waals surface area (Å²) in [5.74, 6) is -0.721. The number of nitrogens with one attached hydrogen (secondary N) is 1. The summed E-state index contributed by atoms with van der Waals surface area (Å²) < 4.78 is 6.15. The first kappa shape index (κ1) is 17.5. The van der Waals surface area contributed by atoms with Crippen LogP contribution in [0.3, 0.4) is 0 Å². The fraction of sp³-hybridized carbons (Fsp3) is 0.500. The zero-order chi connectivity index (χ0) is 17.1. The molecule has 2 heterocycles. The Morgan fingerprint density at radius 1 is 1.50 bits per heavy atom. The van der Waals surface area contributed by atoms with E-state index in [0.717, 1.165) is 29.5 Å². The van der Waals surface area contributed by atoms with Crippen LogP contribution < -0.4 is 0 Å².